The van der Waals surface area contributed by atoms with Crippen LogP contribution in [0.25, 0.3) is 6.08 Å². The first-order valence-electron chi connectivity index (χ1n) is 9.22. The van der Waals surface area contributed by atoms with Crippen LogP contribution in [0, 0.1) is 0 Å². The first-order chi connectivity index (χ1) is 14.7. The van der Waals surface area contributed by atoms with Gasteiger partial charge in [-0.2, -0.15) is 0 Å². The molecule has 168 valence electrons. The van der Waals surface area contributed by atoms with Crippen LogP contribution in [0.2, 0.25) is 0 Å². The molecule has 1 atom stereocenters. The Balaban J connectivity index is 2.21. The molecule has 0 saturated carbocycles. The van der Waals surface area contributed by atoms with Crippen molar-refractivity contribution in [1.82, 2.24) is 4.90 Å². The third-order valence-corrected chi connectivity index (χ3v) is 5.81. The Bertz CT molecular complexity index is 917. The molecule has 2 amide bonds. The molecule has 1 aromatic rings. The van der Waals surface area contributed by atoms with Gasteiger partial charge in [0, 0.05) is 4.47 Å². The van der Waals surface area contributed by atoms with Crippen LogP contribution in [0.5, 0.6) is 11.5 Å². The molecule has 0 spiro atoms. The Morgan fingerprint density at radius 2 is 1.90 bits per heavy atom. The van der Waals surface area contributed by atoms with Crippen LogP contribution in [-0.4, -0.2) is 61.5 Å². The molecule has 0 aromatic heterocycles. The number of rotatable bonds is 9. The topological polar surface area (TPSA) is 108 Å². The fraction of sp³-hybridized carbons (Fsp3) is 0.400. The minimum Gasteiger partial charge on any atom is -0.493 e. The maximum Gasteiger partial charge on any atom is 0.343 e. The molecule has 1 saturated heterocycles. The smallest absolute Gasteiger partial charge is 0.343 e. The number of ether oxygens (including phenoxy) is 4. The van der Waals surface area contributed by atoms with E-state index in [0.29, 0.717) is 22.2 Å². The highest BCUT2D eigenvalue weighted by Gasteiger charge is 2.37. The van der Waals surface area contributed by atoms with Crippen LogP contribution in [0.15, 0.2) is 21.5 Å². The molecule has 1 aromatic carbocycles. The number of imide groups is 1. The second-order valence-electron chi connectivity index (χ2n) is 6.37. The van der Waals surface area contributed by atoms with E-state index in [2.05, 4.69) is 20.7 Å². The highest BCUT2D eigenvalue weighted by Crippen LogP contribution is 2.38. The van der Waals surface area contributed by atoms with Gasteiger partial charge in [0.15, 0.2) is 18.1 Å². The van der Waals surface area contributed by atoms with E-state index in [0.717, 1.165) is 16.7 Å². The van der Waals surface area contributed by atoms with Gasteiger partial charge < -0.3 is 18.9 Å². The summed E-state index contributed by atoms with van der Waals surface area (Å²) in [5.41, 5.74) is 0.537. The molecule has 1 heterocycles. The number of amides is 2. The Hall–Kier alpha value is -2.53. The zero-order valence-electron chi connectivity index (χ0n) is 17.4. The number of esters is 2. The number of hydrogen-bond donors (Lipinski definition) is 0. The minimum atomic E-state index is -0.646. The monoisotopic (exact) mass is 515 g/mol. The number of hydrogen-bond acceptors (Lipinski definition) is 9. The van der Waals surface area contributed by atoms with Crippen LogP contribution >= 0.6 is 27.7 Å². The zero-order chi connectivity index (χ0) is 23.1. The highest BCUT2D eigenvalue weighted by atomic mass is 79.9. The summed E-state index contributed by atoms with van der Waals surface area (Å²) in [6, 6.07) is 3.16. The Morgan fingerprint density at radius 3 is 2.52 bits per heavy atom. The van der Waals surface area contributed by atoms with E-state index in [4.69, 9.17) is 14.2 Å². The largest absolute Gasteiger partial charge is 0.493 e. The minimum absolute atomic E-state index is 0.146. The van der Waals surface area contributed by atoms with Gasteiger partial charge in [-0.25, -0.2) is 4.79 Å². The molecule has 0 radical (unpaired) electrons. The van der Waals surface area contributed by atoms with Crippen LogP contribution in [-0.2, 0) is 23.9 Å². The molecule has 9 nitrogen and oxygen atoms in total. The van der Waals surface area contributed by atoms with E-state index < -0.39 is 29.6 Å². The number of nitrogens with zero attached hydrogens (tertiary/aromatic N) is 1. The van der Waals surface area contributed by atoms with E-state index >= 15 is 0 Å². The van der Waals surface area contributed by atoms with Crippen LogP contribution in [0.3, 0.4) is 0 Å². The Morgan fingerprint density at radius 1 is 1.19 bits per heavy atom. The first kappa shape index (κ1) is 24.7. The predicted octanol–water partition coefficient (Wildman–Crippen LogP) is 3.39. The summed E-state index contributed by atoms with van der Waals surface area (Å²) in [4.78, 5) is 49.1. The fourth-order valence-corrected chi connectivity index (χ4v) is 3.65. The van der Waals surface area contributed by atoms with Crippen LogP contribution < -0.4 is 9.47 Å². The number of carbonyl (C=O) groups excluding carboxylic acids is 4. The number of thioether (sulfide) groups is 1. The molecule has 1 fully saturated rings. The molecular weight excluding hydrogens is 494 g/mol. The molecule has 1 aliphatic heterocycles. The van der Waals surface area contributed by atoms with Gasteiger partial charge in [0.1, 0.15) is 6.54 Å². The summed E-state index contributed by atoms with van der Waals surface area (Å²) < 4.78 is 20.9. The van der Waals surface area contributed by atoms with Crippen molar-refractivity contribution in [2.24, 2.45) is 0 Å². The van der Waals surface area contributed by atoms with Gasteiger partial charge >= 0.3 is 11.9 Å². The quantitative estimate of drug-likeness (QED) is 0.361. The lowest BCUT2D eigenvalue weighted by Crippen LogP contribution is -2.35. The summed E-state index contributed by atoms with van der Waals surface area (Å²) in [7, 11) is 2.67. The molecule has 2 rings (SSSR count). The van der Waals surface area contributed by atoms with Gasteiger partial charge in [-0.15, -0.1) is 0 Å². The average Bonchev–Trinajstić information content (AvgIpc) is 3.00. The van der Waals surface area contributed by atoms with Crippen LogP contribution in [0.4, 0.5) is 4.79 Å². The molecule has 0 N–H and O–H groups in total. The van der Waals surface area contributed by atoms with E-state index in [9.17, 15) is 19.2 Å². The normalized spacial score (nSPS) is 15.8. The summed E-state index contributed by atoms with van der Waals surface area (Å²) in [5.74, 6) is -1.18. The Labute approximate surface area is 192 Å². The average molecular weight is 516 g/mol. The lowest BCUT2D eigenvalue weighted by Gasteiger charge is -2.15. The maximum atomic E-state index is 12.6. The standard InChI is InChI=1S/C20H22BrNO8S/c1-5-11(2)30-17(23)9-22-19(25)16(31-20(22)26)7-12-6-14(27-3)15(8-13(12)21)29-10-18(24)28-4/h6-8,11H,5,9-10H2,1-4H3/b16-7+/t11-/m1/s1. The fourth-order valence-electron chi connectivity index (χ4n) is 2.38. The Kier molecular flexibility index (Phi) is 8.93. The lowest BCUT2D eigenvalue weighted by atomic mass is 10.2. The number of halogens is 1. The van der Waals surface area contributed by atoms with E-state index in [1.54, 1.807) is 19.1 Å². The number of benzene rings is 1. The van der Waals surface area contributed by atoms with Gasteiger partial charge in [-0.05, 0) is 48.9 Å². The first-order valence-corrected chi connectivity index (χ1v) is 10.8. The SMILES string of the molecule is CC[C@@H](C)OC(=O)CN1C(=O)S/C(=C/c2cc(OC)c(OCC(=O)OC)cc2Br)C1=O. The van der Waals surface area contributed by atoms with Crippen molar-refractivity contribution in [3.8, 4) is 11.5 Å². The van der Waals surface area contributed by atoms with E-state index in [-0.39, 0.29) is 23.4 Å². The summed E-state index contributed by atoms with van der Waals surface area (Å²) in [6.45, 7) is 2.84. The van der Waals surface area contributed by atoms with Crippen LogP contribution in [0.1, 0.15) is 25.8 Å². The van der Waals surface area contributed by atoms with Crippen molar-refractivity contribution < 1.29 is 38.1 Å². The second-order valence-corrected chi connectivity index (χ2v) is 8.21. The molecule has 0 unspecified atom stereocenters. The molecule has 0 aliphatic carbocycles. The van der Waals surface area contributed by atoms with Crippen molar-refractivity contribution in [3.05, 3.63) is 27.1 Å². The molecule has 31 heavy (non-hydrogen) atoms. The highest BCUT2D eigenvalue weighted by molar-refractivity contribution is 9.10. The van der Waals surface area contributed by atoms with Crippen molar-refractivity contribution >= 4 is 56.9 Å². The summed E-state index contributed by atoms with van der Waals surface area (Å²) in [6.07, 6.45) is 1.83. The van der Waals surface area contributed by atoms with E-state index in [1.807, 2.05) is 6.92 Å². The summed E-state index contributed by atoms with van der Waals surface area (Å²) in [5, 5.41) is -0.557. The van der Waals surface area contributed by atoms with Gasteiger partial charge in [-0.3, -0.25) is 19.3 Å². The zero-order valence-corrected chi connectivity index (χ0v) is 19.8. The number of methoxy groups -OCH3 is 2. The second kappa shape index (κ2) is 11.2. The van der Waals surface area contributed by atoms with Gasteiger partial charge in [0.05, 0.1) is 25.2 Å². The van der Waals surface area contributed by atoms with Gasteiger partial charge in [-0.1, -0.05) is 22.9 Å². The molecule has 0 bridgehead atoms. The summed E-state index contributed by atoms with van der Waals surface area (Å²) >= 11 is 4.10. The molecule has 1 aliphatic rings. The predicted molar refractivity (Wildman–Crippen MR) is 117 cm³/mol. The number of carbonyl (C=O) groups is 4. The van der Waals surface area contributed by atoms with Crippen molar-refractivity contribution in [3.63, 3.8) is 0 Å². The third-order valence-electron chi connectivity index (χ3n) is 4.21. The third kappa shape index (κ3) is 6.47. The van der Waals surface area contributed by atoms with Gasteiger partial charge in [0.25, 0.3) is 11.1 Å². The van der Waals surface area contributed by atoms with Crippen molar-refractivity contribution in [2.75, 3.05) is 27.4 Å². The van der Waals surface area contributed by atoms with Crippen molar-refractivity contribution in [2.45, 2.75) is 26.4 Å². The molecular formula is C20H22BrNO8S. The van der Waals surface area contributed by atoms with Crippen molar-refractivity contribution in [1.29, 1.82) is 0 Å². The van der Waals surface area contributed by atoms with E-state index in [1.165, 1.54) is 20.3 Å². The molecule has 11 heteroatoms. The maximum absolute atomic E-state index is 12.6. The van der Waals surface area contributed by atoms with Gasteiger partial charge in [0.2, 0.25) is 0 Å². The lowest BCUT2D eigenvalue weighted by molar-refractivity contribution is -0.150.